The van der Waals surface area contributed by atoms with Crippen molar-refractivity contribution in [3.63, 3.8) is 0 Å². The van der Waals surface area contributed by atoms with Gasteiger partial charge in [-0.2, -0.15) is 4.98 Å². The highest BCUT2D eigenvalue weighted by molar-refractivity contribution is 4.78. The highest BCUT2D eigenvalue weighted by atomic mass is 16.5. The summed E-state index contributed by atoms with van der Waals surface area (Å²) in [4.78, 5) is 6.06. The molecular formula is C8H13N3O2. The second kappa shape index (κ2) is 3.85. The molecule has 1 atom stereocenters. The van der Waals surface area contributed by atoms with E-state index in [-0.39, 0.29) is 6.10 Å². The third kappa shape index (κ3) is 2.26. The van der Waals surface area contributed by atoms with Gasteiger partial charge in [-0.25, -0.2) is 0 Å². The van der Waals surface area contributed by atoms with E-state index in [1.165, 1.54) is 6.33 Å². The molecular weight excluding hydrogens is 170 g/mol. The Morgan fingerprint density at radius 2 is 2.62 bits per heavy atom. The third-order valence-electron chi connectivity index (χ3n) is 2.25. The Bertz CT molecular complexity index is 250. The van der Waals surface area contributed by atoms with Crippen LogP contribution in [0, 0.1) is 0 Å². The normalized spacial score (nSPS) is 24.8. The van der Waals surface area contributed by atoms with Crippen LogP contribution in [0.5, 0.6) is 0 Å². The van der Waals surface area contributed by atoms with Crippen LogP contribution < -0.4 is 0 Å². The summed E-state index contributed by atoms with van der Waals surface area (Å²) in [6, 6.07) is 0. The van der Waals surface area contributed by atoms with Crippen molar-refractivity contribution in [2.24, 2.45) is 0 Å². The molecule has 5 heteroatoms. The van der Waals surface area contributed by atoms with Crippen LogP contribution in [-0.4, -0.2) is 39.3 Å². The van der Waals surface area contributed by atoms with Crippen LogP contribution in [0.2, 0.25) is 0 Å². The molecule has 1 aliphatic rings. The Hall–Kier alpha value is -0.940. The smallest absolute Gasteiger partial charge is 0.240 e. The summed E-state index contributed by atoms with van der Waals surface area (Å²) >= 11 is 0. The van der Waals surface area contributed by atoms with Crippen molar-refractivity contribution in [2.75, 3.05) is 13.1 Å². The number of β-amino-alcohol motifs (C(OH)–C–C–N with tert-alkyl or cyclic N) is 1. The summed E-state index contributed by atoms with van der Waals surface area (Å²) in [6.07, 6.45) is 3.14. The van der Waals surface area contributed by atoms with Crippen LogP contribution in [0.15, 0.2) is 10.9 Å². The maximum absolute atomic E-state index is 9.40. The minimum Gasteiger partial charge on any atom is -0.392 e. The predicted octanol–water partition coefficient (Wildman–Crippen LogP) is 0.0263. The Morgan fingerprint density at radius 1 is 1.69 bits per heavy atom. The number of aromatic nitrogens is 2. The first-order valence-electron chi connectivity index (χ1n) is 4.50. The molecule has 0 aliphatic carbocycles. The van der Waals surface area contributed by atoms with E-state index in [1.54, 1.807) is 0 Å². The van der Waals surface area contributed by atoms with Crippen LogP contribution in [0.25, 0.3) is 0 Å². The van der Waals surface area contributed by atoms with Gasteiger partial charge in [0.05, 0.1) is 12.6 Å². The highest BCUT2D eigenvalue weighted by Crippen LogP contribution is 2.11. The lowest BCUT2D eigenvalue weighted by Crippen LogP contribution is -2.37. The fourth-order valence-electron chi connectivity index (χ4n) is 1.63. The van der Waals surface area contributed by atoms with Crippen LogP contribution in [0.4, 0.5) is 0 Å². The summed E-state index contributed by atoms with van der Waals surface area (Å²) in [7, 11) is 0. The van der Waals surface area contributed by atoms with Gasteiger partial charge in [-0.05, 0) is 19.4 Å². The van der Waals surface area contributed by atoms with E-state index in [4.69, 9.17) is 4.52 Å². The quantitative estimate of drug-likeness (QED) is 0.700. The second-order valence-electron chi connectivity index (χ2n) is 3.37. The average Bonchev–Trinajstić information content (AvgIpc) is 2.57. The molecule has 0 saturated carbocycles. The zero-order valence-electron chi connectivity index (χ0n) is 7.39. The van der Waals surface area contributed by atoms with Gasteiger partial charge in [0.1, 0.15) is 0 Å². The van der Waals surface area contributed by atoms with Crippen molar-refractivity contribution in [3.05, 3.63) is 12.2 Å². The molecule has 0 aromatic carbocycles. The van der Waals surface area contributed by atoms with Gasteiger partial charge in [0.2, 0.25) is 5.89 Å². The van der Waals surface area contributed by atoms with Gasteiger partial charge in [0.15, 0.2) is 6.33 Å². The molecule has 1 aliphatic heterocycles. The van der Waals surface area contributed by atoms with Crippen LogP contribution >= 0.6 is 0 Å². The van der Waals surface area contributed by atoms with Gasteiger partial charge < -0.3 is 9.63 Å². The van der Waals surface area contributed by atoms with E-state index >= 15 is 0 Å². The van der Waals surface area contributed by atoms with Gasteiger partial charge in [-0.1, -0.05) is 5.16 Å². The number of hydrogen-bond acceptors (Lipinski definition) is 5. The first-order valence-corrected chi connectivity index (χ1v) is 4.50. The Morgan fingerprint density at radius 3 is 3.31 bits per heavy atom. The Balaban J connectivity index is 1.87. The van der Waals surface area contributed by atoms with Gasteiger partial charge in [-0.3, -0.25) is 4.90 Å². The zero-order valence-corrected chi connectivity index (χ0v) is 7.39. The third-order valence-corrected chi connectivity index (χ3v) is 2.25. The molecule has 0 amide bonds. The first kappa shape index (κ1) is 8.65. The lowest BCUT2D eigenvalue weighted by atomic mass is 10.1. The molecule has 1 fully saturated rings. The van der Waals surface area contributed by atoms with Gasteiger partial charge in [0.25, 0.3) is 0 Å². The molecule has 5 nitrogen and oxygen atoms in total. The number of piperidine rings is 1. The molecule has 1 saturated heterocycles. The number of nitrogens with zero attached hydrogens (tertiary/aromatic N) is 3. The van der Waals surface area contributed by atoms with Gasteiger partial charge >= 0.3 is 0 Å². The molecule has 1 N–H and O–H groups in total. The fourth-order valence-corrected chi connectivity index (χ4v) is 1.63. The maximum Gasteiger partial charge on any atom is 0.240 e. The number of aliphatic hydroxyl groups excluding tert-OH is 1. The fraction of sp³-hybridized carbons (Fsp3) is 0.750. The molecule has 1 aromatic rings. The monoisotopic (exact) mass is 183 g/mol. The van der Waals surface area contributed by atoms with Crippen LogP contribution in [0.1, 0.15) is 18.7 Å². The van der Waals surface area contributed by atoms with E-state index < -0.39 is 0 Å². The van der Waals surface area contributed by atoms with Crippen molar-refractivity contribution in [1.82, 2.24) is 15.0 Å². The van der Waals surface area contributed by atoms with Crippen molar-refractivity contribution in [3.8, 4) is 0 Å². The van der Waals surface area contributed by atoms with Crippen molar-refractivity contribution >= 4 is 0 Å². The van der Waals surface area contributed by atoms with Crippen molar-refractivity contribution < 1.29 is 9.63 Å². The summed E-state index contributed by atoms with van der Waals surface area (Å²) < 4.78 is 4.89. The molecule has 72 valence electrons. The topological polar surface area (TPSA) is 62.4 Å². The minimum absolute atomic E-state index is 0.198. The highest BCUT2D eigenvalue weighted by Gasteiger charge is 2.18. The molecule has 13 heavy (non-hydrogen) atoms. The molecule has 0 spiro atoms. The minimum atomic E-state index is -0.198. The molecule has 2 rings (SSSR count). The molecule has 0 bridgehead atoms. The summed E-state index contributed by atoms with van der Waals surface area (Å²) in [6.45, 7) is 2.36. The van der Waals surface area contributed by atoms with Crippen LogP contribution in [-0.2, 0) is 6.54 Å². The van der Waals surface area contributed by atoms with E-state index in [0.717, 1.165) is 19.4 Å². The molecule has 1 unspecified atom stereocenters. The summed E-state index contributed by atoms with van der Waals surface area (Å²) in [5.41, 5.74) is 0. The first-order chi connectivity index (χ1) is 6.34. The lowest BCUT2D eigenvalue weighted by Gasteiger charge is -2.28. The van der Waals surface area contributed by atoms with E-state index in [0.29, 0.717) is 19.0 Å². The van der Waals surface area contributed by atoms with Crippen molar-refractivity contribution in [2.45, 2.75) is 25.5 Å². The summed E-state index contributed by atoms with van der Waals surface area (Å²) in [5.74, 6) is 0.620. The lowest BCUT2D eigenvalue weighted by molar-refractivity contribution is 0.0613. The van der Waals surface area contributed by atoms with Gasteiger partial charge in [0, 0.05) is 6.54 Å². The molecule has 0 radical (unpaired) electrons. The maximum atomic E-state index is 9.40. The number of hydrogen-bond donors (Lipinski definition) is 1. The number of rotatable bonds is 2. The zero-order chi connectivity index (χ0) is 9.10. The van der Waals surface area contributed by atoms with E-state index in [1.807, 2.05) is 0 Å². The predicted molar refractivity (Wildman–Crippen MR) is 44.8 cm³/mol. The largest absolute Gasteiger partial charge is 0.392 e. The van der Waals surface area contributed by atoms with Crippen LogP contribution in [0.3, 0.4) is 0 Å². The van der Waals surface area contributed by atoms with E-state index in [2.05, 4.69) is 15.0 Å². The second-order valence-corrected chi connectivity index (χ2v) is 3.37. The number of likely N-dealkylation sites (tertiary alicyclic amines) is 1. The molecule has 2 heterocycles. The standard InChI is InChI=1S/C8H13N3O2/c12-7-2-1-3-11(4-7)5-8-9-6-10-13-8/h6-7,12H,1-5H2. The number of aliphatic hydroxyl groups is 1. The SMILES string of the molecule is OC1CCCN(Cc2ncno2)C1. The summed E-state index contributed by atoms with van der Waals surface area (Å²) in [5, 5.41) is 12.9. The Kier molecular flexibility index (Phi) is 2.56. The van der Waals surface area contributed by atoms with Crippen molar-refractivity contribution in [1.29, 1.82) is 0 Å². The Labute approximate surface area is 76.4 Å². The average molecular weight is 183 g/mol. The molecule has 1 aromatic heterocycles. The van der Waals surface area contributed by atoms with E-state index in [9.17, 15) is 5.11 Å². The van der Waals surface area contributed by atoms with Gasteiger partial charge in [-0.15, -0.1) is 0 Å².